The molecule has 0 saturated carbocycles. The number of piperidine rings is 1. The van der Waals surface area contributed by atoms with E-state index in [0.29, 0.717) is 30.3 Å². The second kappa shape index (κ2) is 6.70. The zero-order valence-electron chi connectivity index (χ0n) is 11.3. The molecule has 1 aromatic rings. The minimum Gasteiger partial charge on any atom is -0.466 e. The van der Waals surface area contributed by atoms with Crippen LogP contribution in [0.2, 0.25) is 5.02 Å². The van der Waals surface area contributed by atoms with Crippen molar-refractivity contribution >= 4 is 23.5 Å². The highest BCUT2D eigenvalue weighted by Gasteiger charge is 2.30. The molecule has 1 fully saturated rings. The third-order valence-electron chi connectivity index (χ3n) is 3.33. The van der Waals surface area contributed by atoms with Crippen molar-refractivity contribution in [1.82, 2.24) is 9.88 Å². The van der Waals surface area contributed by atoms with Crippen LogP contribution in [0.5, 0.6) is 0 Å². The molecule has 1 amide bonds. The molecule has 1 saturated heterocycles. The number of rotatable bonds is 3. The minimum absolute atomic E-state index is 0.183. The number of ether oxygens (including phenoxy) is 1. The van der Waals surface area contributed by atoms with Gasteiger partial charge in [-0.25, -0.2) is 0 Å². The molecule has 0 radical (unpaired) electrons. The molecule has 0 spiro atoms. The number of nitrogens with zero attached hydrogens (tertiary/aromatic N) is 2. The zero-order valence-corrected chi connectivity index (χ0v) is 12.1. The Morgan fingerprint density at radius 2 is 2.35 bits per heavy atom. The van der Waals surface area contributed by atoms with Crippen molar-refractivity contribution < 1.29 is 14.3 Å². The number of hydrogen-bond donors (Lipinski definition) is 0. The average molecular weight is 297 g/mol. The third kappa shape index (κ3) is 3.28. The number of esters is 1. The van der Waals surface area contributed by atoms with E-state index in [-0.39, 0.29) is 17.8 Å². The fourth-order valence-corrected chi connectivity index (χ4v) is 2.51. The van der Waals surface area contributed by atoms with Crippen molar-refractivity contribution in [1.29, 1.82) is 0 Å². The molecule has 1 atom stereocenters. The van der Waals surface area contributed by atoms with E-state index < -0.39 is 0 Å². The van der Waals surface area contributed by atoms with Crippen LogP contribution in [0.25, 0.3) is 0 Å². The Bertz CT molecular complexity index is 507. The Hall–Kier alpha value is -1.62. The van der Waals surface area contributed by atoms with E-state index in [2.05, 4.69) is 4.98 Å². The number of carbonyl (C=O) groups is 2. The fraction of sp³-hybridized carbons (Fsp3) is 0.500. The Morgan fingerprint density at radius 3 is 3.05 bits per heavy atom. The lowest BCUT2D eigenvalue weighted by Crippen LogP contribution is -2.42. The molecule has 2 rings (SSSR count). The van der Waals surface area contributed by atoms with Crippen LogP contribution in [0.3, 0.4) is 0 Å². The molecule has 108 valence electrons. The largest absolute Gasteiger partial charge is 0.466 e. The average Bonchev–Trinajstić information content (AvgIpc) is 2.47. The second-order valence-electron chi connectivity index (χ2n) is 4.70. The lowest BCUT2D eigenvalue weighted by Gasteiger charge is -2.31. The predicted octanol–water partition coefficient (Wildman–Crippen LogP) is 2.15. The standard InChI is InChI=1S/C14H17ClN2O3/c1-2-20-14(19)10-4-3-7-17(9-10)13(18)11-8-16-6-5-12(11)15/h5-6,8,10H,2-4,7,9H2,1H3/t10-/m0/s1. The molecule has 0 aromatic carbocycles. The molecule has 0 aliphatic carbocycles. The Morgan fingerprint density at radius 1 is 1.55 bits per heavy atom. The summed E-state index contributed by atoms with van der Waals surface area (Å²) in [6, 6.07) is 1.58. The summed E-state index contributed by atoms with van der Waals surface area (Å²) in [4.78, 5) is 29.7. The summed E-state index contributed by atoms with van der Waals surface area (Å²) < 4.78 is 5.02. The van der Waals surface area contributed by atoms with E-state index in [1.165, 1.54) is 12.4 Å². The van der Waals surface area contributed by atoms with Gasteiger partial charge in [0.15, 0.2) is 0 Å². The van der Waals surface area contributed by atoms with E-state index in [1.54, 1.807) is 17.9 Å². The molecule has 6 heteroatoms. The summed E-state index contributed by atoms with van der Waals surface area (Å²) in [6.45, 7) is 3.14. The van der Waals surface area contributed by atoms with E-state index in [0.717, 1.165) is 12.8 Å². The van der Waals surface area contributed by atoms with Crippen LogP contribution in [-0.4, -0.2) is 41.5 Å². The number of carbonyl (C=O) groups excluding carboxylic acids is 2. The van der Waals surface area contributed by atoms with Gasteiger partial charge in [-0.15, -0.1) is 0 Å². The first-order valence-electron chi connectivity index (χ1n) is 6.69. The molecule has 2 heterocycles. The number of likely N-dealkylation sites (tertiary alicyclic amines) is 1. The van der Waals surface area contributed by atoms with Crippen LogP contribution < -0.4 is 0 Å². The number of amides is 1. The predicted molar refractivity (Wildman–Crippen MR) is 74.5 cm³/mol. The normalized spacial score (nSPS) is 18.7. The number of hydrogen-bond acceptors (Lipinski definition) is 4. The SMILES string of the molecule is CCOC(=O)[C@H]1CCCN(C(=O)c2cnccc2Cl)C1. The number of pyridine rings is 1. The fourth-order valence-electron chi connectivity index (χ4n) is 2.32. The Labute approximate surface area is 122 Å². The number of halogens is 1. The maximum absolute atomic E-state index is 12.4. The van der Waals surface area contributed by atoms with Gasteiger partial charge in [-0.05, 0) is 25.8 Å². The van der Waals surface area contributed by atoms with Gasteiger partial charge in [0.25, 0.3) is 5.91 Å². The molecule has 20 heavy (non-hydrogen) atoms. The van der Waals surface area contributed by atoms with Gasteiger partial charge in [-0.3, -0.25) is 14.6 Å². The highest BCUT2D eigenvalue weighted by atomic mass is 35.5. The van der Waals surface area contributed by atoms with Crippen molar-refractivity contribution in [3.8, 4) is 0 Å². The smallest absolute Gasteiger partial charge is 0.310 e. The highest BCUT2D eigenvalue weighted by Crippen LogP contribution is 2.22. The van der Waals surface area contributed by atoms with Crippen molar-refractivity contribution in [3.05, 3.63) is 29.0 Å². The lowest BCUT2D eigenvalue weighted by molar-refractivity contribution is -0.149. The summed E-state index contributed by atoms with van der Waals surface area (Å²) in [5, 5.41) is 0.378. The first kappa shape index (κ1) is 14.8. The van der Waals surface area contributed by atoms with Gasteiger partial charge in [-0.1, -0.05) is 11.6 Å². The maximum Gasteiger partial charge on any atom is 0.310 e. The van der Waals surface area contributed by atoms with E-state index in [4.69, 9.17) is 16.3 Å². The number of aromatic nitrogens is 1. The molecule has 1 aromatic heterocycles. The molecule has 1 aliphatic heterocycles. The first-order chi connectivity index (χ1) is 9.63. The van der Waals surface area contributed by atoms with Crippen molar-refractivity contribution in [2.45, 2.75) is 19.8 Å². The molecule has 5 nitrogen and oxygen atoms in total. The molecule has 1 aliphatic rings. The van der Waals surface area contributed by atoms with Crippen molar-refractivity contribution in [3.63, 3.8) is 0 Å². The van der Waals surface area contributed by atoms with Crippen LogP contribution in [-0.2, 0) is 9.53 Å². The van der Waals surface area contributed by atoms with Crippen LogP contribution >= 0.6 is 11.6 Å². The van der Waals surface area contributed by atoms with Gasteiger partial charge in [0, 0.05) is 25.5 Å². The Balaban J connectivity index is 2.07. The van der Waals surface area contributed by atoms with Crippen LogP contribution in [0.15, 0.2) is 18.5 Å². The zero-order chi connectivity index (χ0) is 14.5. The van der Waals surface area contributed by atoms with Gasteiger partial charge in [0.05, 0.1) is 23.1 Å². The second-order valence-corrected chi connectivity index (χ2v) is 5.11. The lowest BCUT2D eigenvalue weighted by atomic mass is 9.97. The van der Waals surface area contributed by atoms with Crippen LogP contribution in [0, 0.1) is 5.92 Å². The first-order valence-corrected chi connectivity index (χ1v) is 7.06. The monoisotopic (exact) mass is 296 g/mol. The third-order valence-corrected chi connectivity index (χ3v) is 3.66. The quantitative estimate of drug-likeness (QED) is 0.802. The highest BCUT2D eigenvalue weighted by molar-refractivity contribution is 6.33. The summed E-state index contributed by atoms with van der Waals surface area (Å²) in [7, 11) is 0. The van der Waals surface area contributed by atoms with E-state index in [1.807, 2.05) is 0 Å². The van der Waals surface area contributed by atoms with Crippen molar-refractivity contribution in [2.24, 2.45) is 5.92 Å². The van der Waals surface area contributed by atoms with Gasteiger partial charge in [0.1, 0.15) is 0 Å². The van der Waals surface area contributed by atoms with E-state index >= 15 is 0 Å². The maximum atomic E-state index is 12.4. The van der Waals surface area contributed by atoms with Crippen molar-refractivity contribution in [2.75, 3.05) is 19.7 Å². The van der Waals surface area contributed by atoms with Gasteiger partial charge in [-0.2, -0.15) is 0 Å². The molecular weight excluding hydrogens is 280 g/mol. The summed E-state index contributed by atoms with van der Waals surface area (Å²) in [5.41, 5.74) is 0.374. The molecule has 0 bridgehead atoms. The topological polar surface area (TPSA) is 59.5 Å². The molecule has 0 N–H and O–H groups in total. The Kier molecular flexibility index (Phi) is 4.95. The molecular formula is C14H17ClN2O3. The van der Waals surface area contributed by atoms with E-state index in [9.17, 15) is 9.59 Å². The summed E-state index contributed by atoms with van der Waals surface area (Å²) in [6.07, 6.45) is 4.53. The summed E-state index contributed by atoms with van der Waals surface area (Å²) >= 11 is 6.01. The van der Waals surface area contributed by atoms with Gasteiger partial charge in [0.2, 0.25) is 0 Å². The van der Waals surface area contributed by atoms with Crippen LogP contribution in [0.4, 0.5) is 0 Å². The minimum atomic E-state index is -0.247. The molecule has 0 unspecified atom stereocenters. The van der Waals surface area contributed by atoms with Crippen LogP contribution in [0.1, 0.15) is 30.1 Å². The van der Waals surface area contributed by atoms with Gasteiger partial charge < -0.3 is 9.64 Å². The summed E-state index contributed by atoms with van der Waals surface area (Å²) in [5.74, 6) is -0.664. The van der Waals surface area contributed by atoms with Gasteiger partial charge >= 0.3 is 5.97 Å².